The van der Waals surface area contributed by atoms with Crippen molar-refractivity contribution in [3.63, 3.8) is 0 Å². The predicted molar refractivity (Wildman–Crippen MR) is 79.3 cm³/mol. The van der Waals surface area contributed by atoms with E-state index >= 15 is 0 Å². The summed E-state index contributed by atoms with van der Waals surface area (Å²) in [6, 6.07) is 8.87. The van der Waals surface area contributed by atoms with Gasteiger partial charge in [-0.05, 0) is 24.6 Å². The van der Waals surface area contributed by atoms with Gasteiger partial charge in [-0.2, -0.15) is 0 Å². The first-order valence-corrected chi connectivity index (χ1v) is 7.51. The van der Waals surface area contributed by atoms with Crippen molar-refractivity contribution in [2.75, 3.05) is 33.2 Å². The maximum atomic E-state index is 12.3. The van der Waals surface area contributed by atoms with Gasteiger partial charge in [0, 0.05) is 45.2 Å². The number of rotatable bonds is 3. The van der Waals surface area contributed by atoms with Gasteiger partial charge in [-0.3, -0.25) is 4.79 Å². The van der Waals surface area contributed by atoms with Crippen molar-refractivity contribution in [2.45, 2.75) is 25.4 Å². The Hall–Kier alpha value is -1.39. The number of hydrogen-bond donors (Lipinski definition) is 1. The highest BCUT2D eigenvalue weighted by Gasteiger charge is 2.24. The lowest BCUT2D eigenvalue weighted by Crippen LogP contribution is -2.47. The number of fused-ring (bicyclic) bond motifs is 1. The van der Waals surface area contributed by atoms with Crippen molar-refractivity contribution in [2.24, 2.45) is 0 Å². The van der Waals surface area contributed by atoms with Gasteiger partial charge in [0.25, 0.3) is 0 Å². The molecule has 0 aromatic heterocycles. The van der Waals surface area contributed by atoms with Gasteiger partial charge in [0.05, 0.1) is 0 Å². The summed E-state index contributed by atoms with van der Waals surface area (Å²) in [6.07, 6.45) is 1.55. The Bertz CT molecular complexity index is 480. The van der Waals surface area contributed by atoms with Crippen LogP contribution in [0.15, 0.2) is 24.3 Å². The number of carbonyl (C=O) groups is 1. The Balaban J connectivity index is 1.52. The average Bonchev–Trinajstić information content (AvgIpc) is 2.89. The van der Waals surface area contributed by atoms with Gasteiger partial charge >= 0.3 is 0 Å². The summed E-state index contributed by atoms with van der Waals surface area (Å²) in [5.41, 5.74) is 2.75. The molecule has 2 heterocycles. The van der Waals surface area contributed by atoms with Gasteiger partial charge in [-0.1, -0.05) is 24.3 Å². The van der Waals surface area contributed by atoms with Crippen LogP contribution in [-0.2, 0) is 11.3 Å². The molecule has 1 N–H and O–H groups in total. The quantitative estimate of drug-likeness (QED) is 0.904. The predicted octanol–water partition coefficient (Wildman–Crippen LogP) is 1.39. The minimum absolute atomic E-state index is 0.310. The summed E-state index contributed by atoms with van der Waals surface area (Å²) in [6.45, 7) is 4.68. The first-order valence-electron chi connectivity index (χ1n) is 7.51. The van der Waals surface area contributed by atoms with Crippen LogP contribution in [0.2, 0.25) is 0 Å². The van der Waals surface area contributed by atoms with Crippen molar-refractivity contribution in [3.8, 4) is 0 Å². The van der Waals surface area contributed by atoms with Crippen LogP contribution in [0.3, 0.4) is 0 Å². The Morgan fingerprint density at radius 2 is 2.00 bits per heavy atom. The SMILES string of the molecule is CN1CCN(C(=O)CCC2NCc3ccccc32)CC1. The molecule has 108 valence electrons. The Morgan fingerprint density at radius 1 is 1.25 bits per heavy atom. The van der Waals surface area contributed by atoms with E-state index in [4.69, 9.17) is 0 Å². The molecule has 0 bridgehead atoms. The Labute approximate surface area is 120 Å². The number of nitrogens with one attached hydrogen (secondary N) is 1. The van der Waals surface area contributed by atoms with Gasteiger partial charge in [-0.25, -0.2) is 0 Å². The second kappa shape index (κ2) is 5.94. The number of amides is 1. The van der Waals surface area contributed by atoms with E-state index in [1.807, 2.05) is 4.90 Å². The zero-order valence-electron chi connectivity index (χ0n) is 12.1. The molecule has 0 spiro atoms. The largest absolute Gasteiger partial charge is 0.340 e. The molecule has 2 aliphatic rings. The van der Waals surface area contributed by atoms with E-state index < -0.39 is 0 Å². The fraction of sp³-hybridized carbons (Fsp3) is 0.562. The minimum atomic E-state index is 0.310. The number of piperazine rings is 1. The lowest BCUT2D eigenvalue weighted by atomic mass is 10.0. The monoisotopic (exact) mass is 273 g/mol. The van der Waals surface area contributed by atoms with E-state index in [1.165, 1.54) is 11.1 Å². The first kappa shape index (κ1) is 13.6. The maximum Gasteiger partial charge on any atom is 0.222 e. The van der Waals surface area contributed by atoms with E-state index in [9.17, 15) is 4.79 Å². The third-order valence-corrected chi connectivity index (χ3v) is 4.47. The summed E-state index contributed by atoms with van der Waals surface area (Å²) in [5, 5.41) is 3.51. The Kier molecular flexibility index (Phi) is 4.03. The number of carbonyl (C=O) groups excluding carboxylic acids is 1. The van der Waals surface area contributed by atoms with E-state index in [1.54, 1.807) is 0 Å². The van der Waals surface area contributed by atoms with Gasteiger partial charge < -0.3 is 15.1 Å². The van der Waals surface area contributed by atoms with Gasteiger partial charge in [0.15, 0.2) is 0 Å². The van der Waals surface area contributed by atoms with Crippen molar-refractivity contribution >= 4 is 5.91 Å². The summed E-state index contributed by atoms with van der Waals surface area (Å²) < 4.78 is 0. The zero-order chi connectivity index (χ0) is 13.9. The number of likely N-dealkylation sites (N-methyl/N-ethyl adjacent to an activating group) is 1. The highest BCUT2D eigenvalue weighted by Crippen LogP contribution is 2.28. The molecule has 1 atom stereocenters. The topological polar surface area (TPSA) is 35.6 Å². The molecule has 0 aliphatic carbocycles. The van der Waals surface area contributed by atoms with Crippen LogP contribution >= 0.6 is 0 Å². The molecule has 4 heteroatoms. The summed E-state index contributed by atoms with van der Waals surface area (Å²) in [4.78, 5) is 16.5. The molecule has 1 amide bonds. The molecule has 1 unspecified atom stereocenters. The van der Waals surface area contributed by atoms with Crippen LogP contribution < -0.4 is 5.32 Å². The van der Waals surface area contributed by atoms with E-state index in [0.717, 1.165) is 39.1 Å². The molecule has 4 nitrogen and oxygen atoms in total. The standard InChI is InChI=1S/C16H23N3O/c1-18-8-10-19(11-9-18)16(20)7-6-15-14-5-3-2-4-13(14)12-17-15/h2-5,15,17H,6-12H2,1H3. The molecule has 0 saturated carbocycles. The molecule has 1 fully saturated rings. The molecule has 1 aromatic rings. The molecule has 3 rings (SSSR count). The van der Waals surface area contributed by atoms with E-state index in [2.05, 4.69) is 41.5 Å². The fourth-order valence-electron chi connectivity index (χ4n) is 3.12. The number of benzene rings is 1. The van der Waals surface area contributed by atoms with Gasteiger partial charge in [0.2, 0.25) is 5.91 Å². The molecule has 1 aromatic carbocycles. The van der Waals surface area contributed by atoms with Crippen LogP contribution in [0, 0.1) is 0 Å². The zero-order valence-corrected chi connectivity index (χ0v) is 12.1. The summed E-state index contributed by atoms with van der Waals surface area (Å²) in [5.74, 6) is 0.310. The average molecular weight is 273 g/mol. The number of hydrogen-bond acceptors (Lipinski definition) is 3. The smallest absolute Gasteiger partial charge is 0.222 e. The van der Waals surface area contributed by atoms with Crippen molar-refractivity contribution in [1.82, 2.24) is 15.1 Å². The molecule has 0 radical (unpaired) electrons. The van der Waals surface area contributed by atoms with Crippen molar-refractivity contribution in [3.05, 3.63) is 35.4 Å². The summed E-state index contributed by atoms with van der Waals surface area (Å²) >= 11 is 0. The maximum absolute atomic E-state index is 12.3. The van der Waals surface area contributed by atoms with Crippen LogP contribution in [-0.4, -0.2) is 48.9 Å². The molecule has 1 saturated heterocycles. The molecule has 2 aliphatic heterocycles. The first-order chi connectivity index (χ1) is 9.74. The fourth-order valence-corrected chi connectivity index (χ4v) is 3.12. The lowest BCUT2D eigenvalue weighted by Gasteiger charge is -2.32. The third-order valence-electron chi connectivity index (χ3n) is 4.47. The normalized spacial score (nSPS) is 22.9. The van der Waals surface area contributed by atoms with Crippen molar-refractivity contribution in [1.29, 1.82) is 0 Å². The molecular weight excluding hydrogens is 250 g/mol. The Morgan fingerprint density at radius 3 is 2.80 bits per heavy atom. The minimum Gasteiger partial charge on any atom is -0.340 e. The summed E-state index contributed by atoms with van der Waals surface area (Å²) in [7, 11) is 2.11. The second-order valence-corrected chi connectivity index (χ2v) is 5.86. The van der Waals surface area contributed by atoms with E-state index in [0.29, 0.717) is 18.4 Å². The molecular formula is C16H23N3O. The van der Waals surface area contributed by atoms with Gasteiger partial charge in [-0.15, -0.1) is 0 Å². The number of nitrogens with zero attached hydrogens (tertiary/aromatic N) is 2. The highest BCUT2D eigenvalue weighted by atomic mass is 16.2. The molecule has 20 heavy (non-hydrogen) atoms. The van der Waals surface area contributed by atoms with Crippen LogP contribution in [0.4, 0.5) is 0 Å². The third kappa shape index (κ3) is 2.86. The van der Waals surface area contributed by atoms with Crippen LogP contribution in [0.25, 0.3) is 0 Å². The second-order valence-electron chi connectivity index (χ2n) is 5.86. The van der Waals surface area contributed by atoms with Crippen molar-refractivity contribution < 1.29 is 4.79 Å². The highest BCUT2D eigenvalue weighted by molar-refractivity contribution is 5.76. The van der Waals surface area contributed by atoms with Crippen LogP contribution in [0.1, 0.15) is 30.0 Å². The van der Waals surface area contributed by atoms with Crippen LogP contribution in [0.5, 0.6) is 0 Å². The lowest BCUT2D eigenvalue weighted by molar-refractivity contribution is -0.133. The van der Waals surface area contributed by atoms with Gasteiger partial charge in [0.1, 0.15) is 0 Å². The van der Waals surface area contributed by atoms with E-state index in [-0.39, 0.29) is 0 Å².